The molecular formula is C23H29FN4O4S2. The minimum absolute atomic E-state index is 0.0482. The van der Waals surface area contributed by atoms with Gasteiger partial charge in [0.2, 0.25) is 20.0 Å². The van der Waals surface area contributed by atoms with Crippen LogP contribution in [0.3, 0.4) is 0 Å². The zero-order chi connectivity index (χ0) is 25.4. The zero-order valence-electron chi connectivity index (χ0n) is 19.8. The Morgan fingerprint density at radius 3 is 2.12 bits per heavy atom. The summed E-state index contributed by atoms with van der Waals surface area (Å²) in [6.07, 6.45) is 1.28. The molecule has 0 fully saturated rings. The molecule has 0 aliphatic rings. The molecule has 2 N–H and O–H groups in total. The number of fused-ring (bicyclic) bond motifs is 1. The van der Waals surface area contributed by atoms with Gasteiger partial charge in [-0.2, -0.15) is 0 Å². The highest BCUT2D eigenvalue weighted by Gasteiger charge is 2.24. The maximum absolute atomic E-state index is 14.5. The minimum Gasteiger partial charge on any atom is -0.337 e. The molecule has 0 aliphatic heterocycles. The molecular weight excluding hydrogens is 479 g/mol. The molecule has 0 saturated heterocycles. The summed E-state index contributed by atoms with van der Waals surface area (Å²) in [6, 6.07) is 11.1. The van der Waals surface area contributed by atoms with Gasteiger partial charge in [-0.1, -0.05) is 12.1 Å². The molecule has 0 spiro atoms. The van der Waals surface area contributed by atoms with Crippen LogP contribution in [0.2, 0.25) is 0 Å². The third-order valence-corrected chi connectivity index (χ3v) is 9.25. The minimum atomic E-state index is -3.73. The van der Waals surface area contributed by atoms with E-state index >= 15 is 0 Å². The summed E-state index contributed by atoms with van der Waals surface area (Å²) in [4.78, 5) is 0.181. The lowest BCUT2D eigenvalue weighted by Gasteiger charge is -2.13. The van der Waals surface area contributed by atoms with Crippen molar-refractivity contribution in [2.45, 2.75) is 23.3 Å². The van der Waals surface area contributed by atoms with Gasteiger partial charge in [0, 0.05) is 56.9 Å². The molecule has 3 rings (SSSR count). The Morgan fingerprint density at radius 1 is 0.971 bits per heavy atom. The molecule has 2 aromatic carbocycles. The molecule has 8 nitrogen and oxygen atoms in total. The quantitative estimate of drug-likeness (QED) is 0.504. The predicted octanol–water partition coefficient (Wildman–Crippen LogP) is 2.93. The second-order valence-electron chi connectivity index (χ2n) is 8.21. The number of hydrogen-bond donors (Lipinski definition) is 1. The summed E-state index contributed by atoms with van der Waals surface area (Å²) in [5.74, 6) is -0.428. The molecule has 0 saturated carbocycles. The van der Waals surface area contributed by atoms with E-state index in [0.717, 1.165) is 8.61 Å². The molecule has 0 radical (unpaired) electrons. The monoisotopic (exact) mass is 508 g/mol. The maximum Gasteiger partial charge on any atom is 0.242 e. The molecule has 184 valence electrons. The van der Waals surface area contributed by atoms with Crippen LogP contribution in [0.4, 0.5) is 4.39 Å². The predicted molar refractivity (Wildman–Crippen MR) is 132 cm³/mol. The third kappa shape index (κ3) is 4.66. The molecule has 11 heteroatoms. The van der Waals surface area contributed by atoms with Crippen molar-refractivity contribution in [2.24, 2.45) is 5.73 Å². The van der Waals surface area contributed by atoms with Crippen LogP contribution in [0, 0.1) is 6.92 Å². The Labute approximate surface area is 200 Å². The molecule has 3 aromatic rings. The fourth-order valence-corrected chi connectivity index (χ4v) is 5.64. The van der Waals surface area contributed by atoms with E-state index in [1.807, 2.05) is 0 Å². The van der Waals surface area contributed by atoms with Crippen molar-refractivity contribution in [3.05, 3.63) is 60.1 Å². The second-order valence-corrected chi connectivity index (χ2v) is 12.5. The van der Waals surface area contributed by atoms with Gasteiger partial charge in [-0.25, -0.2) is 29.8 Å². The molecule has 34 heavy (non-hydrogen) atoms. The van der Waals surface area contributed by atoms with Crippen LogP contribution in [0.15, 0.2) is 64.2 Å². The summed E-state index contributed by atoms with van der Waals surface area (Å²) in [5.41, 5.74) is 7.93. The van der Waals surface area contributed by atoms with Gasteiger partial charge in [-0.3, -0.25) is 0 Å². The van der Waals surface area contributed by atoms with Gasteiger partial charge in [0.15, 0.2) is 0 Å². The van der Waals surface area contributed by atoms with Crippen molar-refractivity contribution in [3.63, 3.8) is 0 Å². The van der Waals surface area contributed by atoms with Crippen molar-refractivity contribution < 1.29 is 21.2 Å². The number of nitrogens with two attached hydrogens (primary N) is 1. The number of halogens is 1. The fraction of sp³-hybridized carbons (Fsp3) is 0.304. The van der Waals surface area contributed by atoms with E-state index in [1.54, 1.807) is 41.8 Å². The SMILES string of the molecule is Cc1c(-c2cccc(S(=O)(=O)N(C)C)c2)c2cc(S(=O)(=O)N(C)C)ccc2n1CC(F)=CCN. The van der Waals surface area contributed by atoms with E-state index in [0.29, 0.717) is 27.7 Å². The number of aromatic nitrogens is 1. The van der Waals surface area contributed by atoms with Crippen molar-refractivity contribution in [1.29, 1.82) is 0 Å². The van der Waals surface area contributed by atoms with Crippen molar-refractivity contribution in [1.82, 2.24) is 13.2 Å². The van der Waals surface area contributed by atoms with Crippen LogP contribution < -0.4 is 5.73 Å². The summed E-state index contributed by atoms with van der Waals surface area (Å²) >= 11 is 0. The van der Waals surface area contributed by atoms with Crippen LogP contribution in [0.1, 0.15) is 5.69 Å². The smallest absolute Gasteiger partial charge is 0.242 e. The number of hydrogen-bond acceptors (Lipinski definition) is 5. The van der Waals surface area contributed by atoms with Crippen LogP contribution in [0.5, 0.6) is 0 Å². The maximum atomic E-state index is 14.5. The number of benzene rings is 2. The Balaban J connectivity index is 2.37. The number of sulfonamides is 2. The van der Waals surface area contributed by atoms with Crippen molar-refractivity contribution >= 4 is 30.9 Å². The van der Waals surface area contributed by atoms with Gasteiger partial charge in [0.05, 0.1) is 16.3 Å². The molecule has 0 bridgehead atoms. The molecule has 0 unspecified atom stereocenters. The molecule has 1 heterocycles. The first-order valence-corrected chi connectivity index (χ1v) is 13.3. The Bertz CT molecular complexity index is 1470. The Kier molecular flexibility index (Phi) is 7.34. The lowest BCUT2D eigenvalue weighted by Crippen LogP contribution is -2.22. The first-order valence-electron chi connectivity index (χ1n) is 10.4. The lowest BCUT2D eigenvalue weighted by atomic mass is 10.0. The summed E-state index contributed by atoms with van der Waals surface area (Å²) in [7, 11) is -1.64. The topological polar surface area (TPSA) is 106 Å². The third-order valence-electron chi connectivity index (χ3n) is 5.62. The summed E-state index contributed by atoms with van der Waals surface area (Å²) in [6.45, 7) is 1.75. The summed E-state index contributed by atoms with van der Waals surface area (Å²) < 4.78 is 69.4. The fourth-order valence-electron chi connectivity index (χ4n) is 3.77. The van der Waals surface area contributed by atoms with Crippen LogP contribution in [-0.4, -0.2) is 64.7 Å². The van der Waals surface area contributed by atoms with Gasteiger partial charge in [-0.15, -0.1) is 0 Å². The van der Waals surface area contributed by atoms with E-state index < -0.39 is 25.9 Å². The summed E-state index contributed by atoms with van der Waals surface area (Å²) in [5, 5.41) is 0.570. The molecule has 0 amide bonds. The lowest BCUT2D eigenvalue weighted by molar-refractivity contribution is 0.520. The van der Waals surface area contributed by atoms with E-state index in [9.17, 15) is 21.2 Å². The normalized spacial score (nSPS) is 13.4. The molecule has 0 atom stereocenters. The standard InChI is InChI=1S/C23H29FN4O4S2/c1-16-23(17-7-6-8-19(13-17)33(29,30)26(2)3)21-14-20(34(31,32)27(4)5)9-10-22(21)28(16)15-18(24)11-12-25/h6-11,13-14H,12,15,25H2,1-5H3. The first-order chi connectivity index (χ1) is 15.8. The average Bonchev–Trinajstić information content (AvgIpc) is 3.04. The van der Waals surface area contributed by atoms with Gasteiger partial charge < -0.3 is 10.3 Å². The first kappa shape index (κ1) is 26.0. The van der Waals surface area contributed by atoms with Gasteiger partial charge in [0.1, 0.15) is 5.83 Å². The van der Waals surface area contributed by atoms with Crippen molar-refractivity contribution in [2.75, 3.05) is 34.7 Å². The number of nitrogens with zero attached hydrogens (tertiary/aromatic N) is 3. The van der Waals surface area contributed by atoms with E-state index in [-0.39, 0.29) is 22.9 Å². The Hall–Kier alpha value is -2.57. The van der Waals surface area contributed by atoms with Crippen LogP contribution >= 0.6 is 0 Å². The molecule has 1 aromatic heterocycles. The van der Waals surface area contributed by atoms with Gasteiger partial charge >= 0.3 is 0 Å². The molecule has 0 aliphatic carbocycles. The second kappa shape index (κ2) is 9.59. The van der Waals surface area contributed by atoms with E-state index in [4.69, 9.17) is 5.73 Å². The average molecular weight is 509 g/mol. The van der Waals surface area contributed by atoms with Gasteiger partial charge in [0.25, 0.3) is 0 Å². The zero-order valence-corrected chi connectivity index (χ0v) is 21.4. The van der Waals surface area contributed by atoms with E-state index in [2.05, 4.69) is 0 Å². The highest BCUT2D eigenvalue weighted by Crippen LogP contribution is 2.37. The Morgan fingerprint density at radius 2 is 1.56 bits per heavy atom. The number of allylic oxidation sites excluding steroid dienone is 1. The highest BCUT2D eigenvalue weighted by atomic mass is 32.2. The van der Waals surface area contributed by atoms with Gasteiger partial charge in [-0.05, 0) is 48.9 Å². The van der Waals surface area contributed by atoms with Crippen LogP contribution in [0.25, 0.3) is 22.0 Å². The number of rotatable bonds is 8. The van der Waals surface area contributed by atoms with E-state index in [1.165, 1.54) is 46.4 Å². The van der Waals surface area contributed by atoms with Crippen molar-refractivity contribution in [3.8, 4) is 11.1 Å². The largest absolute Gasteiger partial charge is 0.337 e. The highest BCUT2D eigenvalue weighted by molar-refractivity contribution is 7.89. The van der Waals surface area contributed by atoms with Crippen LogP contribution in [-0.2, 0) is 26.6 Å².